The molecule has 6 heteroatoms. The van der Waals surface area contributed by atoms with Crippen molar-refractivity contribution in [2.75, 3.05) is 25.2 Å². The lowest BCUT2D eigenvalue weighted by Crippen LogP contribution is -2.12. The highest BCUT2D eigenvalue weighted by atomic mass is 32.2. The van der Waals surface area contributed by atoms with Gasteiger partial charge in [0.1, 0.15) is 0 Å². The lowest BCUT2D eigenvalue weighted by molar-refractivity contribution is -0.385. The fourth-order valence-electron chi connectivity index (χ4n) is 1.59. The lowest BCUT2D eigenvalue weighted by Gasteiger charge is -2.08. The number of rotatable bonds is 9. The van der Waals surface area contributed by atoms with Crippen LogP contribution in [-0.2, 0) is 6.54 Å². The van der Waals surface area contributed by atoms with E-state index >= 15 is 0 Å². The number of nitrogens with one attached hydrogen (secondary N) is 1. The van der Waals surface area contributed by atoms with Crippen LogP contribution in [0.15, 0.2) is 18.2 Å². The molecule has 0 amide bonds. The van der Waals surface area contributed by atoms with Gasteiger partial charge in [0.25, 0.3) is 0 Å². The van der Waals surface area contributed by atoms with Crippen LogP contribution in [0, 0.1) is 10.1 Å². The third kappa shape index (κ3) is 5.48. The third-order valence-electron chi connectivity index (χ3n) is 2.55. The van der Waals surface area contributed by atoms with Gasteiger partial charge in [-0.15, -0.1) is 0 Å². The van der Waals surface area contributed by atoms with E-state index in [-0.39, 0.29) is 10.6 Å². The van der Waals surface area contributed by atoms with E-state index in [1.165, 1.54) is 0 Å². The first-order valence-electron chi connectivity index (χ1n) is 6.28. The molecule has 0 aromatic heterocycles. The number of nitro benzene ring substituents is 1. The number of hydrogen-bond acceptors (Lipinski definition) is 5. The van der Waals surface area contributed by atoms with Crippen LogP contribution < -0.4 is 10.1 Å². The van der Waals surface area contributed by atoms with Crippen molar-refractivity contribution in [3.63, 3.8) is 0 Å². The van der Waals surface area contributed by atoms with Gasteiger partial charge in [0, 0.05) is 12.6 Å². The van der Waals surface area contributed by atoms with Crippen LogP contribution in [-0.4, -0.2) is 30.1 Å². The third-order valence-corrected chi connectivity index (χ3v) is 3.25. The smallest absolute Gasteiger partial charge is 0.311 e. The molecule has 1 aromatic rings. The fourth-order valence-corrected chi connectivity index (χ4v) is 2.00. The van der Waals surface area contributed by atoms with E-state index in [1.807, 2.05) is 19.2 Å². The van der Waals surface area contributed by atoms with Gasteiger partial charge >= 0.3 is 5.69 Å². The first kappa shape index (κ1) is 15.8. The quantitative estimate of drug-likeness (QED) is 0.429. The highest BCUT2D eigenvalue weighted by Crippen LogP contribution is 2.28. The largest absolute Gasteiger partial charge is 0.487 e. The Balaban J connectivity index is 2.71. The van der Waals surface area contributed by atoms with Crippen molar-refractivity contribution in [1.82, 2.24) is 5.32 Å². The number of hydrogen-bond donors (Lipinski definition) is 1. The summed E-state index contributed by atoms with van der Waals surface area (Å²) in [6.07, 6.45) is 2.91. The Labute approximate surface area is 117 Å². The molecule has 19 heavy (non-hydrogen) atoms. The van der Waals surface area contributed by atoms with Crippen LogP contribution in [0.3, 0.4) is 0 Å². The van der Waals surface area contributed by atoms with Gasteiger partial charge in [0.05, 0.1) is 11.5 Å². The van der Waals surface area contributed by atoms with Crippen LogP contribution in [0.2, 0.25) is 0 Å². The summed E-state index contributed by atoms with van der Waals surface area (Å²) in [5, 5.41) is 14.2. The molecule has 106 valence electrons. The molecule has 0 atom stereocenters. The summed E-state index contributed by atoms with van der Waals surface area (Å²) < 4.78 is 5.48. The highest BCUT2D eigenvalue weighted by Gasteiger charge is 2.15. The number of benzene rings is 1. The van der Waals surface area contributed by atoms with Crippen LogP contribution in [0.5, 0.6) is 5.75 Å². The van der Waals surface area contributed by atoms with Crippen molar-refractivity contribution < 1.29 is 9.66 Å². The average Bonchev–Trinajstić information content (AvgIpc) is 2.41. The second kappa shape index (κ2) is 8.77. The maximum Gasteiger partial charge on any atom is 0.311 e. The van der Waals surface area contributed by atoms with Crippen LogP contribution in [0.4, 0.5) is 5.69 Å². The fraction of sp³-hybridized carbons (Fsp3) is 0.538. The zero-order chi connectivity index (χ0) is 14.1. The molecular weight excluding hydrogens is 264 g/mol. The van der Waals surface area contributed by atoms with Crippen LogP contribution in [0.25, 0.3) is 0 Å². The second-order valence-electron chi connectivity index (χ2n) is 4.03. The van der Waals surface area contributed by atoms with E-state index in [0.717, 1.165) is 24.3 Å². The van der Waals surface area contributed by atoms with Crippen molar-refractivity contribution in [3.8, 4) is 5.75 Å². The SMILES string of the molecule is CCNCc1ccc(OCCCSC)c([N+](=O)[O-])c1. The van der Waals surface area contributed by atoms with E-state index in [1.54, 1.807) is 23.9 Å². The molecule has 0 radical (unpaired) electrons. The first-order valence-corrected chi connectivity index (χ1v) is 7.68. The topological polar surface area (TPSA) is 64.4 Å². The Kier molecular flexibility index (Phi) is 7.28. The molecule has 5 nitrogen and oxygen atoms in total. The van der Waals surface area contributed by atoms with Gasteiger partial charge in [-0.25, -0.2) is 0 Å². The molecule has 0 fully saturated rings. The van der Waals surface area contributed by atoms with E-state index in [0.29, 0.717) is 18.9 Å². The van der Waals surface area contributed by atoms with Crippen molar-refractivity contribution >= 4 is 17.4 Å². The van der Waals surface area contributed by atoms with Gasteiger partial charge in [0.15, 0.2) is 5.75 Å². The van der Waals surface area contributed by atoms with Crippen molar-refractivity contribution in [2.45, 2.75) is 19.9 Å². The van der Waals surface area contributed by atoms with E-state index < -0.39 is 0 Å². The van der Waals surface area contributed by atoms with Gasteiger partial charge in [-0.1, -0.05) is 13.0 Å². The summed E-state index contributed by atoms with van der Waals surface area (Å²) in [6, 6.07) is 5.12. The summed E-state index contributed by atoms with van der Waals surface area (Å²) in [4.78, 5) is 10.6. The Hall–Kier alpha value is -1.27. The Morgan fingerprint density at radius 3 is 2.89 bits per heavy atom. The predicted molar refractivity (Wildman–Crippen MR) is 79.0 cm³/mol. The number of nitrogens with zero attached hydrogens (tertiary/aromatic N) is 1. The normalized spacial score (nSPS) is 10.4. The first-order chi connectivity index (χ1) is 9.19. The van der Waals surface area contributed by atoms with Crippen molar-refractivity contribution in [3.05, 3.63) is 33.9 Å². The van der Waals surface area contributed by atoms with E-state index in [9.17, 15) is 10.1 Å². The summed E-state index contributed by atoms with van der Waals surface area (Å²) in [5.74, 6) is 1.35. The highest BCUT2D eigenvalue weighted by molar-refractivity contribution is 7.98. The zero-order valence-electron chi connectivity index (χ0n) is 11.3. The summed E-state index contributed by atoms with van der Waals surface area (Å²) in [5.41, 5.74) is 0.935. The second-order valence-corrected chi connectivity index (χ2v) is 5.02. The molecule has 1 N–H and O–H groups in total. The Bertz CT molecular complexity index is 413. The molecule has 0 unspecified atom stereocenters. The summed E-state index contributed by atoms with van der Waals surface area (Å²) in [7, 11) is 0. The van der Waals surface area contributed by atoms with Gasteiger partial charge in [-0.2, -0.15) is 11.8 Å². The van der Waals surface area contributed by atoms with Crippen LogP contribution >= 0.6 is 11.8 Å². The van der Waals surface area contributed by atoms with Crippen molar-refractivity contribution in [2.24, 2.45) is 0 Å². The van der Waals surface area contributed by atoms with Gasteiger partial charge in [-0.05, 0) is 36.6 Å². The predicted octanol–water partition coefficient (Wildman–Crippen LogP) is 2.84. The molecule has 0 aliphatic rings. The minimum atomic E-state index is -0.390. The lowest BCUT2D eigenvalue weighted by atomic mass is 10.2. The Morgan fingerprint density at radius 2 is 2.26 bits per heavy atom. The molecule has 0 saturated carbocycles. The molecule has 1 aromatic carbocycles. The summed E-state index contributed by atoms with van der Waals surface area (Å²) >= 11 is 1.74. The number of nitro groups is 1. The van der Waals surface area contributed by atoms with Gasteiger partial charge < -0.3 is 10.1 Å². The van der Waals surface area contributed by atoms with Gasteiger partial charge in [-0.3, -0.25) is 10.1 Å². The van der Waals surface area contributed by atoms with Gasteiger partial charge in [0.2, 0.25) is 0 Å². The number of thioether (sulfide) groups is 1. The van der Waals surface area contributed by atoms with E-state index in [4.69, 9.17) is 4.74 Å². The molecule has 0 spiro atoms. The zero-order valence-corrected chi connectivity index (χ0v) is 12.2. The minimum Gasteiger partial charge on any atom is -0.487 e. The van der Waals surface area contributed by atoms with Crippen LogP contribution in [0.1, 0.15) is 18.9 Å². The van der Waals surface area contributed by atoms with Crippen molar-refractivity contribution in [1.29, 1.82) is 0 Å². The standard InChI is InChI=1S/C13H20N2O3S/c1-3-14-10-11-5-6-13(12(9-11)15(16)17)18-7-4-8-19-2/h5-6,9,14H,3-4,7-8,10H2,1-2H3. The molecule has 0 saturated heterocycles. The summed E-state index contributed by atoms with van der Waals surface area (Å²) in [6.45, 7) is 3.97. The Morgan fingerprint density at radius 1 is 1.47 bits per heavy atom. The molecule has 0 heterocycles. The molecule has 1 rings (SSSR count). The minimum absolute atomic E-state index is 0.0413. The molecule has 0 aliphatic heterocycles. The average molecular weight is 284 g/mol. The monoisotopic (exact) mass is 284 g/mol. The number of ether oxygens (including phenoxy) is 1. The van der Waals surface area contributed by atoms with E-state index in [2.05, 4.69) is 5.32 Å². The molecule has 0 aliphatic carbocycles. The maximum atomic E-state index is 11.0. The molecular formula is C13H20N2O3S. The maximum absolute atomic E-state index is 11.0. The molecule has 0 bridgehead atoms.